The van der Waals surface area contributed by atoms with Crippen LogP contribution in [0.25, 0.3) is 0 Å². The normalized spacial score (nSPS) is 21.8. The van der Waals surface area contributed by atoms with Gasteiger partial charge in [0.1, 0.15) is 0 Å². The molecule has 1 aliphatic rings. The maximum Gasteiger partial charge on any atom is 0.457 e. The first kappa shape index (κ1) is 14.5. The molecule has 1 saturated heterocycles. The largest absolute Gasteiger partial charge is 0.481 e. The van der Waals surface area contributed by atoms with Crippen molar-refractivity contribution < 1.29 is 19.2 Å². The van der Waals surface area contributed by atoms with Crippen molar-refractivity contribution >= 4 is 13.1 Å². The van der Waals surface area contributed by atoms with Crippen LogP contribution in [0.4, 0.5) is 0 Å². The zero-order valence-electron chi connectivity index (χ0n) is 11.3. The second-order valence-corrected chi connectivity index (χ2v) is 5.68. The van der Waals surface area contributed by atoms with E-state index >= 15 is 0 Å². The Hall–Kier alpha value is -0.545. The van der Waals surface area contributed by atoms with Crippen molar-refractivity contribution in [1.29, 1.82) is 0 Å². The fourth-order valence-corrected chi connectivity index (χ4v) is 1.85. The summed E-state index contributed by atoms with van der Waals surface area (Å²) in [6.07, 6.45) is 3.69. The zero-order chi connectivity index (χ0) is 13.1. The number of unbranched alkanes of at least 4 members (excludes halogenated alkanes) is 2. The minimum atomic E-state index is -0.722. The van der Waals surface area contributed by atoms with Crippen molar-refractivity contribution in [3.05, 3.63) is 0 Å². The molecule has 0 aromatic heterocycles. The van der Waals surface area contributed by atoms with Gasteiger partial charge in [-0.3, -0.25) is 4.79 Å². The van der Waals surface area contributed by atoms with Gasteiger partial charge in [0, 0.05) is 6.42 Å². The Balaban J connectivity index is 2.20. The molecule has 0 saturated carbocycles. The molecule has 0 atom stereocenters. The lowest BCUT2D eigenvalue weighted by Gasteiger charge is -2.32. The van der Waals surface area contributed by atoms with Crippen molar-refractivity contribution in [3.63, 3.8) is 0 Å². The van der Waals surface area contributed by atoms with Gasteiger partial charge in [0.05, 0.1) is 11.2 Å². The second kappa shape index (κ2) is 5.40. The summed E-state index contributed by atoms with van der Waals surface area (Å²) in [4.78, 5) is 10.3. The predicted molar refractivity (Wildman–Crippen MR) is 67.0 cm³/mol. The highest BCUT2D eigenvalue weighted by molar-refractivity contribution is 6.45. The molecule has 0 unspecified atom stereocenters. The number of rotatable bonds is 6. The summed E-state index contributed by atoms with van der Waals surface area (Å²) in [7, 11) is -0.148. The second-order valence-electron chi connectivity index (χ2n) is 5.68. The quantitative estimate of drug-likeness (QED) is 0.574. The fourth-order valence-electron chi connectivity index (χ4n) is 1.85. The molecule has 0 bridgehead atoms. The summed E-state index contributed by atoms with van der Waals surface area (Å²) in [5.74, 6) is -0.722. The van der Waals surface area contributed by atoms with Gasteiger partial charge in [0.15, 0.2) is 0 Å². The summed E-state index contributed by atoms with van der Waals surface area (Å²) >= 11 is 0. The molecule has 1 N–H and O–H groups in total. The van der Waals surface area contributed by atoms with E-state index in [-0.39, 0.29) is 24.7 Å². The molecule has 5 heteroatoms. The Bertz CT molecular complexity index is 260. The lowest BCUT2D eigenvalue weighted by Crippen LogP contribution is -2.41. The number of hydrogen-bond donors (Lipinski definition) is 1. The number of carboxylic acids is 1. The molecule has 0 spiro atoms. The molecule has 1 heterocycles. The molecule has 1 fully saturated rings. The molecule has 0 amide bonds. The van der Waals surface area contributed by atoms with Crippen molar-refractivity contribution in [2.24, 2.45) is 0 Å². The third-order valence-electron chi connectivity index (χ3n) is 3.63. The van der Waals surface area contributed by atoms with Gasteiger partial charge in [0.25, 0.3) is 0 Å². The van der Waals surface area contributed by atoms with E-state index in [4.69, 9.17) is 14.4 Å². The Morgan fingerprint density at radius 2 is 1.59 bits per heavy atom. The number of carbonyl (C=O) groups is 1. The molecule has 4 nitrogen and oxygen atoms in total. The highest BCUT2D eigenvalue weighted by Crippen LogP contribution is 2.38. The van der Waals surface area contributed by atoms with E-state index in [2.05, 4.69) is 0 Å². The van der Waals surface area contributed by atoms with E-state index in [0.717, 1.165) is 25.6 Å². The summed E-state index contributed by atoms with van der Waals surface area (Å²) in [5.41, 5.74) is -0.530. The highest BCUT2D eigenvalue weighted by atomic mass is 16.7. The van der Waals surface area contributed by atoms with E-state index in [0.29, 0.717) is 0 Å². The first-order valence-electron chi connectivity index (χ1n) is 6.32. The Morgan fingerprint density at radius 3 is 2.06 bits per heavy atom. The molecule has 0 aromatic rings. The van der Waals surface area contributed by atoms with Gasteiger partial charge in [-0.1, -0.05) is 12.8 Å². The average molecular weight is 242 g/mol. The van der Waals surface area contributed by atoms with Crippen LogP contribution in [-0.2, 0) is 14.1 Å². The van der Waals surface area contributed by atoms with Crippen LogP contribution in [0, 0.1) is 0 Å². The third kappa shape index (κ3) is 4.00. The smallest absolute Gasteiger partial charge is 0.457 e. The van der Waals surface area contributed by atoms with Crippen LogP contribution in [0.5, 0.6) is 0 Å². The van der Waals surface area contributed by atoms with Crippen molar-refractivity contribution in [1.82, 2.24) is 0 Å². The topological polar surface area (TPSA) is 55.8 Å². The van der Waals surface area contributed by atoms with Gasteiger partial charge in [-0.25, -0.2) is 0 Å². The molecule has 1 rings (SSSR count). The van der Waals surface area contributed by atoms with Gasteiger partial charge in [-0.2, -0.15) is 0 Å². The molecule has 1 aliphatic heterocycles. The van der Waals surface area contributed by atoms with Crippen LogP contribution < -0.4 is 0 Å². The summed E-state index contributed by atoms with van der Waals surface area (Å²) < 4.78 is 11.7. The van der Waals surface area contributed by atoms with E-state index < -0.39 is 5.97 Å². The number of carboxylic acid groups (broad SMARTS) is 1. The zero-order valence-corrected chi connectivity index (χ0v) is 11.3. The maximum atomic E-state index is 10.3. The van der Waals surface area contributed by atoms with Gasteiger partial charge in [0.2, 0.25) is 0 Å². The lowest BCUT2D eigenvalue weighted by molar-refractivity contribution is -0.137. The van der Waals surface area contributed by atoms with E-state index in [1.54, 1.807) is 0 Å². The maximum absolute atomic E-state index is 10.3. The SMILES string of the molecule is CC1(C)OB(CCCCCC(=O)O)OC1(C)C. The minimum absolute atomic E-state index is 0.148. The molecule has 0 aromatic carbocycles. The van der Waals surface area contributed by atoms with Gasteiger partial charge in [-0.15, -0.1) is 0 Å². The molecule has 98 valence electrons. The van der Waals surface area contributed by atoms with Gasteiger partial charge < -0.3 is 14.4 Å². The van der Waals surface area contributed by atoms with Crippen molar-refractivity contribution in [2.75, 3.05) is 0 Å². The Labute approximate surface area is 104 Å². The van der Waals surface area contributed by atoms with E-state index in [1.807, 2.05) is 27.7 Å². The van der Waals surface area contributed by atoms with Crippen LogP contribution in [0.1, 0.15) is 53.4 Å². The molecule has 17 heavy (non-hydrogen) atoms. The standard InChI is InChI=1S/C12H23BO4/c1-11(2)12(3,4)17-13(16-11)9-7-5-6-8-10(14)15/h5-9H2,1-4H3,(H,14,15). The van der Waals surface area contributed by atoms with E-state index in [1.165, 1.54) is 0 Å². The predicted octanol–water partition coefficient (Wildman–Crippen LogP) is 2.72. The monoisotopic (exact) mass is 242 g/mol. The summed E-state index contributed by atoms with van der Waals surface area (Å²) in [6.45, 7) is 8.16. The highest BCUT2D eigenvalue weighted by Gasteiger charge is 2.50. The van der Waals surface area contributed by atoms with Crippen LogP contribution in [-0.4, -0.2) is 29.4 Å². The average Bonchev–Trinajstić information content (AvgIpc) is 2.34. The van der Waals surface area contributed by atoms with Crippen LogP contribution in [0.3, 0.4) is 0 Å². The van der Waals surface area contributed by atoms with E-state index in [9.17, 15) is 4.79 Å². The number of hydrogen-bond acceptors (Lipinski definition) is 3. The number of aliphatic carboxylic acids is 1. The first-order chi connectivity index (χ1) is 7.74. The van der Waals surface area contributed by atoms with Crippen LogP contribution in [0.15, 0.2) is 0 Å². The van der Waals surface area contributed by atoms with Crippen LogP contribution in [0.2, 0.25) is 6.32 Å². The molecular formula is C12H23BO4. The van der Waals surface area contributed by atoms with Crippen molar-refractivity contribution in [3.8, 4) is 0 Å². The Kier molecular flexibility index (Phi) is 4.61. The Morgan fingerprint density at radius 1 is 1.06 bits per heavy atom. The van der Waals surface area contributed by atoms with Crippen molar-refractivity contribution in [2.45, 2.75) is 70.9 Å². The first-order valence-corrected chi connectivity index (χ1v) is 6.32. The molecule has 0 aliphatic carbocycles. The molecule has 0 radical (unpaired) electrons. The fraction of sp³-hybridized carbons (Fsp3) is 0.917. The summed E-state index contributed by atoms with van der Waals surface area (Å²) in [5, 5.41) is 8.51. The van der Waals surface area contributed by atoms with Gasteiger partial charge in [-0.05, 0) is 40.4 Å². The van der Waals surface area contributed by atoms with Crippen LogP contribution >= 0.6 is 0 Å². The van der Waals surface area contributed by atoms with Gasteiger partial charge >= 0.3 is 13.1 Å². The lowest BCUT2D eigenvalue weighted by atomic mass is 9.82. The molecular weight excluding hydrogens is 219 g/mol. The third-order valence-corrected chi connectivity index (χ3v) is 3.63. The summed E-state index contributed by atoms with van der Waals surface area (Å²) in [6, 6.07) is 0. The minimum Gasteiger partial charge on any atom is -0.481 e.